The van der Waals surface area contributed by atoms with E-state index in [1.54, 1.807) is 12.1 Å². The van der Waals surface area contributed by atoms with Crippen LogP contribution in [0.5, 0.6) is 0 Å². The number of hydrogen-bond donors (Lipinski definition) is 3. The van der Waals surface area contributed by atoms with Gasteiger partial charge in [0, 0.05) is 6.54 Å². The van der Waals surface area contributed by atoms with Crippen LogP contribution >= 0.6 is 0 Å². The first-order chi connectivity index (χ1) is 7.80. The summed E-state index contributed by atoms with van der Waals surface area (Å²) in [5.41, 5.74) is 0.657. The number of carboxylic acid groups (broad SMARTS) is 1. The maximum atomic E-state index is 11.1. The summed E-state index contributed by atoms with van der Waals surface area (Å²) in [5, 5.41) is 16.4. The first kappa shape index (κ1) is 13.6. The maximum absolute atomic E-state index is 11.1. The Balaban J connectivity index is 2.77. The van der Waals surface area contributed by atoms with Gasteiger partial charge in [-0.3, -0.25) is 4.79 Å². The zero-order valence-electron chi connectivity index (χ0n) is 9.25. The lowest BCUT2D eigenvalue weighted by Crippen LogP contribution is -2.33. The maximum Gasteiger partial charge on any atom is 0.320 e. The van der Waals surface area contributed by atoms with Gasteiger partial charge in [0.25, 0.3) is 0 Å². The molecule has 1 atom stereocenters. The van der Waals surface area contributed by atoms with Crippen molar-refractivity contribution in [3.05, 3.63) is 29.8 Å². The molecule has 94 valence electrons. The third kappa shape index (κ3) is 4.14. The van der Waals surface area contributed by atoms with Crippen LogP contribution < -0.4 is 10.5 Å². The van der Waals surface area contributed by atoms with Gasteiger partial charge in [0.15, 0.2) is 0 Å². The molecular formula is C10H14N2O4S. The largest absolute Gasteiger partial charge is 0.480 e. The minimum Gasteiger partial charge on any atom is -0.480 e. The fourth-order valence-corrected chi connectivity index (χ4v) is 1.77. The van der Waals surface area contributed by atoms with E-state index in [1.807, 2.05) is 0 Å². The molecule has 0 heterocycles. The lowest BCUT2D eigenvalue weighted by molar-refractivity contribution is -0.139. The molecule has 0 aromatic heterocycles. The lowest BCUT2D eigenvalue weighted by Gasteiger charge is -2.09. The van der Waals surface area contributed by atoms with E-state index >= 15 is 0 Å². The van der Waals surface area contributed by atoms with Gasteiger partial charge in [-0.15, -0.1) is 0 Å². The normalized spacial score (nSPS) is 13.3. The van der Waals surface area contributed by atoms with Gasteiger partial charge in [0.1, 0.15) is 6.04 Å². The first-order valence-electron chi connectivity index (χ1n) is 4.88. The third-order valence-electron chi connectivity index (χ3n) is 2.21. The topological polar surface area (TPSA) is 109 Å². The lowest BCUT2D eigenvalue weighted by atomic mass is 10.2. The van der Waals surface area contributed by atoms with E-state index in [4.69, 9.17) is 10.2 Å². The third-order valence-corrected chi connectivity index (χ3v) is 3.12. The molecule has 0 bridgehead atoms. The molecule has 0 aliphatic rings. The van der Waals surface area contributed by atoms with Crippen molar-refractivity contribution in [3.8, 4) is 0 Å². The van der Waals surface area contributed by atoms with Crippen molar-refractivity contribution >= 4 is 16.0 Å². The predicted molar refractivity (Wildman–Crippen MR) is 61.8 cm³/mol. The summed E-state index contributed by atoms with van der Waals surface area (Å²) < 4.78 is 22.2. The summed E-state index contributed by atoms with van der Waals surface area (Å²) in [7, 11) is -3.72. The number of rotatable bonds is 5. The van der Waals surface area contributed by atoms with Gasteiger partial charge in [-0.2, -0.15) is 0 Å². The quantitative estimate of drug-likeness (QED) is 0.683. The Bertz CT molecular complexity index is 513. The van der Waals surface area contributed by atoms with E-state index in [9.17, 15) is 13.2 Å². The van der Waals surface area contributed by atoms with Crippen LogP contribution in [-0.4, -0.2) is 25.5 Å². The molecule has 0 saturated heterocycles. The Labute approximate surface area is 99.5 Å². The van der Waals surface area contributed by atoms with Crippen LogP contribution in [0.15, 0.2) is 29.2 Å². The molecular weight excluding hydrogens is 244 g/mol. The summed E-state index contributed by atoms with van der Waals surface area (Å²) >= 11 is 0. The smallest absolute Gasteiger partial charge is 0.320 e. The van der Waals surface area contributed by atoms with Crippen molar-refractivity contribution in [3.63, 3.8) is 0 Å². The minimum atomic E-state index is -3.72. The molecule has 17 heavy (non-hydrogen) atoms. The summed E-state index contributed by atoms with van der Waals surface area (Å²) in [5.74, 6) is -0.965. The molecule has 0 aliphatic heterocycles. The highest BCUT2D eigenvalue weighted by Crippen LogP contribution is 2.09. The Morgan fingerprint density at radius 3 is 2.71 bits per heavy atom. The molecule has 0 saturated carbocycles. The molecule has 0 amide bonds. The van der Waals surface area contributed by atoms with Gasteiger partial charge in [-0.1, -0.05) is 12.1 Å². The second kappa shape index (κ2) is 5.26. The molecule has 0 aliphatic carbocycles. The fourth-order valence-electron chi connectivity index (χ4n) is 1.19. The number of hydrogen-bond acceptors (Lipinski definition) is 4. The number of primary sulfonamides is 1. The molecule has 1 aromatic rings. The van der Waals surface area contributed by atoms with Crippen LogP contribution in [0.3, 0.4) is 0 Å². The number of benzene rings is 1. The van der Waals surface area contributed by atoms with E-state index in [-0.39, 0.29) is 11.4 Å². The fraction of sp³-hybridized carbons (Fsp3) is 0.300. The molecule has 0 fully saturated rings. The molecule has 0 radical (unpaired) electrons. The Hall–Kier alpha value is -1.44. The molecule has 6 nitrogen and oxygen atoms in total. The van der Waals surface area contributed by atoms with E-state index in [1.165, 1.54) is 19.1 Å². The molecule has 1 unspecified atom stereocenters. The standard InChI is InChI=1S/C10H14N2O4S/c1-7(10(13)14)12-6-8-3-2-4-9(5-8)17(11,15)16/h2-5,7,12H,6H2,1H3,(H,13,14)(H2,11,15,16). The Morgan fingerprint density at radius 1 is 1.53 bits per heavy atom. The van der Waals surface area contributed by atoms with Crippen molar-refractivity contribution in [2.24, 2.45) is 5.14 Å². The van der Waals surface area contributed by atoms with E-state index in [0.717, 1.165) is 0 Å². The highest BCUT2D eigenvalue weighted by Gasteiger charge is 2.11. The van der Waals surface area contributed by atoms with Crippen molar-refractivity contribution in [2.75, 3.05) is 0 Å². The van der Waals surface area contributed by atoms with Crippen LogP contribution in [0.1, 0.15) is 12.5 Å². The zero-order chi connectivity index (χ0) is 13.1. The first-order valence-corrected chi connectivity index (χ1v) is 6.43. The van der Waals surface area contributed by atoms with Crippen molar-refractivity contribution < 1.29 is 18.3 Å². The van der Waals surface area contributed by atoms with Gasteiger partial charge < -0.3 is 10.4 Å². The number of sulfonamides is 1. The number of nitrogens with two attached hydrogens (primary N) is 1. The van der Waals surface area contributed by atoms with Crippen LogP contribution in [0, 0.1) is 0 Å². The van der Waals surface area contributed by atoms with E-state index in [0.29, 0.717) is 5.56 Å². The number of nitrogens with one attached hydrogen (secondary N) is 1. The van der Waals surface area contributed by atoms with Gasteiger partial charge in [-0.05, 0) is 24.6 Å². The van der Waals surface area contributed by atoms with Gasteiger partial charge in [0.2, 0.25) is 10.0 Å². The SMILES string of the molecule is CC(NCc1cccc(S(N)(=O)=O)c1)C(=O)O. The second-order valence-electron chi connectivity index (χ2n) is 3.63. The van der Waals surface area contributed by atoms with Crippen molar-refractivity contribution in [1.82, 2.24) is 5.32 Å². The predicted octanol–water partition coefficient (Wildman–Crippen LogP) is -0.103. The van der Waals surface area contributed by atoms with Gasteiger partial charge in [0.05, 0.1) is 4.90 Å². The monoisotopic (exact) mass is 258 g/mol. The van der Waals surface area contributed by atoms with Crippen LogP contribution in [0.4, 0.5) is 0 Å². The average molecular weight is 258 g/mol. The average Bonchev–Trinajstić information content (AvgIpc) is 2.25. The number of carboxylic acids is 1. The van der Waals surface area contributed by atoms with Crippen LogP contribution in [0.25, 0.3) is 0 Å². The molecule has 1 rings (SSSR count). The second-order valence-corrected chi connectivity index (χ2v) is 5.19. The molecule has 7 heteroatoms. The number of aliphatic carboxylic acids is 1. The summed E-state index contributed by atoms with van der Waals surface area (Å²) in [6.45, 7) is 1.77. The summed E-state index contributed by atoms with van der Waals surface area (Å²) in [6, 6.07) is 5.35. The molecule has 4 N–H and O–H groups in total. The summed E-state index contributed by atoms with van der Waals surface area (Å²) in [4.78, 5) is 10.6. The minimum absolute atomic E-state index is 0.0137. The number of carbonyl (C=O) groups is 1. The van der Waals surface area contributed by atoms with Crippen LogP contribution in [-0.2, 0) is 21.4 Å². The highest BCUT2D eigenvalue weighted by molar-refractivity contribution is 7.89. The zero-order valence-corrected chi connectivity index (χ0v) is 10.1. The Morgan fingerprint density at radius 2 is 2.18 bits per heavy atom. The highest BCUT2D eigenvalue weighted by atomic mass is 32.2. The van der Waals surface area contributed by atoms with E-state index < -0.39 is 22.0 Å². The molecule has 0 spiro atoms. The summed E-state index contributed by atoms with van der Waals surface area (Å²) in [6.07, 6.45) is 0. The van der Waals surface area contributed by atoms with E-state index in [2.05, 4.69) is 5.32 Å². The van der Waals surface area contributed by atoms with Crippen molar-refractivity contribution in [2.45, 2.75) is 24.4 Å². The van der Waals surface area contributed by atoms with Gasteiger partial charge in [-0.25, -0.2) is 13.6 Å². The van der Waals surface area contributed by atoms with Crippen LogP contribution in [0.2, 0.25) is 0 Å². The van der Waals surface area contributed by atoms with Gasteiger partial charge >= 0.3 is 5.97 Å². The molecule has 1 aromatic carbocycles. The Kier molecular flexibility index (Phi) is 4.22. The van der Waals surface area contributed by atoms with Crippen molar-refractivity contribution in [1.29, 1.82) is 0 Å².